The van der Waals surface area contributed by atoms with Crippen molar-refractivity contribution in [3.63, 3.8) is 0 Å². The smallest absolute Gasteiger partial charge is 0.122 e. The van der Waals surface area contributed by atoms with Gasteiger partial charge in [0.2, 0.25) is 0 Å². The van der Waals surface area contributed by atoms with Crippen LogP contribution in [0.3, 0.4) is 0 Å². The van der Waals surface area contributed by atoms with Crippen LogP contribution >= 0.6 is 11.8 Å². The van der Waals surface area contributed by atoms with E-state index in [-0.39, 0.29) is 0 Å². The molecular formula is C11H19N3S. The number of aryl methyl sites for hydroxylation is 1. The van der Waals surface area contributed by atoms with Crippen LogP contribution in [-0.2, 0) is 0 Å². The molecule has 0 aromatic carbocycles. The summed E-state index contributed by atoms with van der Waals surface area (Å²) in [6.07, 6.45) is 1.17. The molecule has 0 bridgehead atoms. The highest BCUT2D eigenvalue weighted by molar-refractivity contribution is 7.99. The van der Waals surface area contributed by atoms with Gasteiger partial charge in [0.15, 0.2) is 0 Å². The van der Waals surface area contributed by atoms with Crippen molar-refractivity contribution in [1.29, 1.82) is 0 Å². The first-order valence-electron chi connectivity index (χ1n) is 5.37. The second-order valence-corrected chi connectivity index (χ2v) is 6.22. The largest absolute Gasteiger partial charge is 0.384 e. The third-order valence-electron chi connectivity index (χ3n) is 2.82. The van der Waals surface area contributed by atoms with E-state index in [0.717, 1.165) is 17.3 Å². The molecule has 1 saturated heterocycles. The molecule has 3 nitrogen and oxygen atoms in total. The van der Waals surface area contributed by atoms with Gasteiger partial charge < -0.3 is 5.73 Å². The number of aromatic nitrogens is 2. The highest BCUT2D eigenvalue weighted by Gasteiger charge is 2.30. The quantitative estimate of drug-likeness (QED) is 0.798. The maximum atomic E-state index is 5.95. The Balaban J connectivity index is 2.20. The summed E-state index contributed by atoms with van der Waals surface area (Å²) in [5.74, 6) is 3.18. The minimum absolute atomic E-state index is 0.403. The molecule has 2 heterocycles. The van der Waals surface area contributed by atoms with Gasteiger partial charge in [-0.2, -0.15) is 16.9 Å². The third kappa shape index (κ3) is 2.30. The summed E-state index contributed by atoms with van der Waals surface area (Å²) in [7, 11) is 0. The summed E-state index contributed by atoms with van der Waals surface area (Å²) in [4.78, 5) is 0. The van der Waals surface area contributed by atoms with E-state index in [9.17, 15) is 0 Å². The monoisotopic (exact) mass is 225 g/mol. The first-order chi connectivity index (χ1) is 6.98. The van der Waals surface area contributed by atoms with E-state index >= 15 is 0 Å². The van der Waals surface area contributed by atoms with E-state index in [2.05, 4.69) is 18.9 Å². The maximum absolute atomic E-state index is 5.95. The second kappa shape index (κ2) is 3.74. The lowest BCUT2D eigenvalue weighted by atomic mass is 9.88. The van der Waals surface area contributed by atoms with Crippen molar-refractivity contribution < 1.29 is 0 Å². The van der Waals surface area contributed by atoms with Gasteiger partial charge in [-0.3, -0.25) is 0 Å². The van der Waals surface area contributed by atoms with Crippen LogP contribution in [0.2, 0.25) is 0 Å². The molecule has 84 valence electrons. The predicted molar refractivity (Wildman–Crippen MR) is 66.1 cm³/mol. The predicted octanol–water partition coefficient (Wildman–Crippen LogP) is 2.48. The zero-order valence-electron chi connectivity index (χ0n) is 9.66. The topological polar surface area (TPSA) is 43.8 Å². The normalized spacial score (nSPS) is 25.4. The lowest BCUT2D eigenvalue weighted by Gasteiger charge is -2.35. The molecular weight excluding hydrogens is 206 g/mol. The molecule has 1 atom stereocenters. The van der Waals surface area contributed by atoms with Crippen molar-refractivity contribution in [2.45, 2.75) is 33.2 Å². The molecule has 1 aliphatic heterocycles. The lowest BCUT2D eigenvalue weighted by Crippen LogP contribution is -2.29. The van der Waals surface area contributed by atoms with Crippen molar-refractivity contribution in [1.82, 2.24) is 9.78 Å². The number of hydrogen-bond acceptors (Lipinski definition) is 3. The van der Waals surface area contributed by atoms with Crippen LogP contribution in [0.15, 0.2) is 6.07 Å². The fourth-order valence-electron chi connectivity index (χ4n) is 2.21. The molecule has 1 fully saturated rings. The van der Waals surface area contributed by atoms with Crippen LogP contribution in [0, 0.1) is 12.3 Å². The first-order valence-corrected chi connectivity index (χ1v) is 6.53. The highest BCUT2D eigenvalue weighted by atomic mass is 32.2. The Morgan fingerprint density at radius 3 is 2.87 bits per heavy atom. The van der Waals surface area contributed by atoms with Gasteiger partial charge in [-0.1, -0.05) is 13.8 Å². The van der Waals surface area contributed by atoms with Gasteiger partial charge in [0.05, 0.1) is 11.7 Å². The summed E-state index contributed by atoms with van der Waals surface area (Å²) in [5.41, 5.74) is 7.37. The van der Waals surface area contributed by atoms with Gasteiger partial charge in [-0.25, -0.2) is 4.68 Å². The third-order valence-corrected chi connectivity index (χ3v) is 4.43. The van der Waals surface area contributed by atoms with Crippen LogP contribution in [0.25, 0.3) is 0 Å². The van der Waals surface area contributed by atoms with Gasteiger partial charge in [0.25, 0.3) is 0 Å². The first kappa shape index (κ1) is 10.9. The summed E-state index contributed by atoms with van der Waals surface area (Å²) >= 11 is 2.01. The van der Waals surface area contributed by atoms with E-state index < -0.39 is 0 Å². The van der Waals surface area contributed by atoms with Crippen LogP contribution in [0.5, 0.6) is 0 Å². The van der Waals surface area contributed by atoms with Crippen LogP contribution < -0.4 is 5.73 Å². The van der Waals surface area contributed by atoms with Gasteiger partial charge >= 0.3 is 0 Å². The van der Waals surface area contributed by atoms with Crippen molar-refractivity contribution in [2.24, 2.45) is 5.41 Å². The second-order valence-electron chi connectivity index (χ2n) is 5.19. The average molecular weight is 225 g/mol. The molecule has 1 aromatic rings. The van der Waals surface area contributed by atoms with E-state index in [0.29, 0.717) is 11.5 Å². The standard InChI is InChI=1S/C11H19N3S/c1-8-4-10(12)14(13-8)9-5-11(2,3)7-15-6-9/h4,9H,5-7,12H2,1-3H3. The van der Waals surface area contributed by atoms with Crippen molar-refractivity contribution in [3.05, 3.63) is 11.8 Å². The Bertz CT molecular complexity index is 357. The number of nitrogens with zero attached hydrogens (tertiary/aromatic N) is 2. The van der Waals surface area contributed by atoms with Gasteiger partial charge in [0.1, 0.15) is 5.82 Å². The molecule has 1 aromatic heterocycles. The summed E-state index contributed by atoms with van der Waals surface area (Å²) < 4.78 is 2.00. The lowest BCUT2D eigenvalue weighted by molar-refractivity contribution is 0.293. The molecule has 0 amide bonds. The minimum Gasteiger partial charge on any atom is -0.384 e. The van der Waals surface area contributed by atoms with E-state index in [1.807, 2.05) is 29.4 Å². The molecule has 0 radical (unpaired) electrons. The molecule has 0 aliphatic carbocycles. The van der Waals surface area contributed by atoms with Gasteiger partial charge in [-0.05, 0) is 24.5 Å². The number of rotatable bonds is 1. The van der Waals surface area contributed by atoms with Crippen molar-refractivity contribution in [3.8, 4) is 0 Å². The van der Waals surface area contributed by atoms with Gasteiger partial charge in [0, 0.05) is 11.8 Å². The molecule has 4 heteroatoms. The Morgan fingerprint density at radius 1 is 1.60 bits per heavy atom. The molecule has 0 saturated carbocycles. The molecule has 2 rings (SSSR count). The van der Waals surface area contributed by atoms with E-state index in [1.165, 1.54) is 12.2 Å². The summed E-state index contributed by atoms with van der Waals surface area (Å²) in [6.45, 7) is 6.63. The Hall–Kier alpha value is -0.640. The SMILES string of the molecule is Cc1cc(N)n(C2CSCC(C)(C)C2)n1. The Labute approximate surface area is 95.4 Å². The highest BCUT2D eigenvalue weighted by Crippen LogP contribution is 2.39. The molecule has 1 aliphatic rings. The van der Waals surface area contributed by atoms with Gasteiger partial charge in [-0.15, -0.1) is 0 Å². The number of hydrogen-bond donors (Lipinski definition) is 1. The molecule has 1 unspecified atom stereocenters. The Morgan fingerprint density at radius 2 is 2.33 bits per heavy atom. The van der Waals surface area contributed by atoms with Crippen LogP contribution in [0.4, 0.5) is 5.82 Å². The van der Waals surface area contributed by atoms with E-state index in [4.69, 9.17) is 5.73 Å². The molecule has 2 N–H and O–H groups in total. The zero-order chi connectivity index (χ0) is 11.1. The average Bonchev–Trinajstić information content (AvgIpc) is 2.43. The number of thioether (sulfide) groups is 1. The Kier molecular flexibility index (Phi) is 2.71. The zero-order valence-corrected chi connectivity index (χ0v) is 10.5. The summed E-state index contributed by atoms with van der Waals surface area (Å²) in [5, 5.41) is 4.48. The fraction of sp³-hybridized carbons (Fsp3) is 0.727. The number of nitrogen functional groups attached to an aromatic ring is 1. The number of nitrogens with two attached hydrogens (primary N) is 1. The van der Waals surface area contributed by atoms with E-state index in [1.54, 1.807) is 0 Å². The number of anilines is 1. The maximum Gasteiger partial charge on any atom is 0.122 e. The summed E-state index contributed by atoms with van der Waals surface area (Å²) in [6, 6.07) is 2.42. The van der Waals surface area contributed by atoms with Crippen molar-refractivity contribution in [2.75, 3.05) is 17.2 Å². The minimum atomic E-state index is 0.403. The van der Waals surface area contributed by atoms with Crippen molar-refractivity contribution >= 4 is 17.6 Å². The molecule has 0 spiro atoms. The molecule has 15 heavy (non-hydrogen) atoms. The van der Waals surface area contributed by atoms with Crippen LogP contribution in [-0.4, -0.2) is 21.3 Å². The fourth-order valence-corrected chi connectivity index (χ4v) is 3.53. The van der Waals surface area contributed by atoms with Crippen LogP contribution in [0.1, 0.15) is 32.0 Å².